The summed E-state index contributed by atoms with van der Waals surface area (Å²) < 4.78 is 5.50. The average molecular weight is 342 g/mol. The lowest BCUT2D eigenvalue weighted by atomic mass is 10.1. The van der Waals surface area contributed by atoms with E-state index in [1.165, 1.54) is 4.88 Å². The van der Waals surface area contributed by atoms with E-state index < -0.39 is 0 Å². The van der Waals surface area contributed by atoms with E-state index in [2.05, 4.69) is 38.4 Å². The van der Waals surface area contributed by atoms with Gasteiger partial charge in [-0.15, -0.1) is 11.3 Å². The van der Waals surface area contributed by atoms with Gasteiger partial charge in [0.25, 0.3) is 0 Å². The molecule has 24 heavy (non-hydrogen) atoms. The number of morpholine rings is 1. The molecule has 1 atom stereocenters. The Morgan fingerprint density at radius 1 is 1.42 bits per heavy atom. The van der Waals surface area contributed by atoms with E-state index in [1.807, 2.05) is 26.1 Å². The van der Waals surface area contributed by atoms with Crippen LogP contribution in [0.3, 0.4) is 0 Å². The molecule has 1 fully saturated rings. The number of ether oxygens (including phenoxy) is 1. The monoisotopic (exact) mass is 342 g/mol. The van der Waals surface area contributed by atoms with Crippen molar-refractivity contribution in [1.82, 2.24) is 9.88 Å². The van der Waals surface area contributed by atoms with Gasteiger partial charge in [-0.25, -0.2) is 4.98 Å². The summed E-state index contributed by atoms with van der Waals surface area (Å²) in [6, 6.07) is 10.5. The van der Waals surface area contributed by atoms with Crippen LogP contribution < -0.4 is 4.90 Å². The Bertz CT molecular complexity index is 704. The number of hydrogen-bond donors (Lipinski definition) is 0. The number of anilines is 1. The first-order valence-electron chi connectivity index (χ1n) is 8.12. The molecule has 0 bridgehead atoms. The molecule has 1 unspecified atom stereocenters. The topological polar surface area (TPSA) is 52.4 Å². The van der Waals surface area contributed by atoms with Gasteiger partial charge >= 0.3 is 0 Å². The molecule has 1 aliphatic heterocycles. The smallest absolute Gasteiger partial charge is 0.129 e. The highest BCUT2D eigenvalue weighted by Crippen LogP contribution is 2.28. The van der Waals surface area contributed by atoms with Crippen LogP contribution in [0, 0.1) is 18.3 Å². The second-order valence-electron chi connectivity index (χ2n) is 6.03. The molecule has 1 aliphatic rings. The molecule has 2 aromatic rings. The number of thiophene rings is 1. The Hall–Kier alpha value is -1.94. The number of aryl methyl sites for hydroxylation is 1. The summed E-state index contributed by atoms with van der Waals surface area (Å²) in [6.07, 6.45) is 0. The number of likely N-dealkylation sites (N-methyl/N-ethyl adjacent to an activating group) is 1. The Balaban J connectivity index is 1.81. The van der Waals surface area contributed by atoms with Crippen molar-refractivity contribution in [2.45, 2.75) is 13.0 Å². The zero-order valence-corrected chi connectivity index (χ0v) is 14.9. The molecular formula is C18H22N4OS. The Labute approximate surface area is 147 Å². The van der Waals surface area contributed by atoms with Crippen LogP contribution in [0.1, 0.15) is 22.2 Å². The second-order valence-corrected chi connectivity index (χ2v) is 7.01. The highest BCUT2D eigenvalue weighted by atomic mass is 32.1. The van der Waals surface area contributed by atoms with Crippen LogP contribution in [0.25, 0.3) is 0 Å². The summed E-state index contributed by atoms with van der Waals surface area (Å²) in [6.45, 7) is 6.22. The fraction of sp³-hybridized carbons (Fsp3) is 0.444. The number of hydrogen-bond acceptors (Lipinski definition) is 6. The van der Waals surface area contributed by atoms with E-state index in [9.17, 15) is 5.26 Å². The predicted octanol–water partition coefficient (Wildman–Crippen LogP) is 2.83. The minimum absolute atomic E-state index is 0.312. The molecule has 6 heteroatoms. The third-order valence-electron chi connectivity index (χ3n) is 4.26. The van der Waals surface area contributed by atoms with Crippen molar-refractivity contribution in [2.75, 3.05) is 44.8 Å². The summed E-state index contributed by atoms with van der Waals surface area (Å²) in [4.78, 5) is 10.6. The molecule has 2 aromatic heterocycles. The van der Waals surface area contributed by atoms with Crippen LogP contribution >= 0.6 is 11.3 Å². The minimum atomic E-state index is 0.312. The lowest BCUT2D eigenvalue weighted by Gasteiger charge is -2.36. The number of pyridine rings is 1. The van der Waals surface area contributed by atoms with Crippen molar-refractivity contribution in [3.63, 3.8) is 0 Å². The van der Waals surface area contributed by atoms with Crippen molar-refractivity contribution in [3.05, 3.63) is 45.8 Å². The highest BCUT2D eigenvalue weighted by molar-refractivity contribution is 7.10. The SMILES string of the molecule is Cc1cc(C#N)cc(N(C)CC(c2cccs2)N2CCOCC2)n1. The molecule has 126 valence electrons. The van der Waals surface area contributed by atoms with Crippen molar-refractivity contribution in [3.8, 4) is 6.07 Å². The van der Waals surface area contributed by atoms with E-state index >= 15 is 0 Å². The highest BCUT2D eigenvalue weighted by Gasteiger charge is 2.25. The van der Waals surface area contributed by atoms with Gasteiger partial charge in [-0.05, 0) is 30.5 Å². The fourth-order valence-electron chi connectivity index (χ4n) is 3.02. The molecule has 0 N–H and O–H groups in total. The first kappa shape index (κ1) is 16.9. The van der Waals surface area contributed by atoms with Crippen LogP contribution in [0.2, 0.25) is 0 Å². The fourth-order valence-corrected chi connectivity index (χ4v) is 3.87. The standard InChI is InChI=1S/C18H22N4OS/c1-14-10-15(12-19)11-18(20-14)21(2)13-16(17-4-3-9-24-17)22-5-7-23-8-6-22/h3-4,9-11,16H,5-8,13H2,1-2H3. The molecule has 5 nitrogen and oxygen atoms in total. The van der Waals surface area contributed by atoms with Gasteiger partial charge < -0.3 is 9.64 Å². The van der Waals surface area contributed by atoms with Crippen LogP contribution in [0.5, 0.6) is 0 Å². The largest absolute Gasteiger partial charge is 0.379 e. The molecule has 1 saturated heterocycles. The van der Waals surface area contributed by atoms with Gasteiger partial charge in [0.05, 0.1) is 30.9 Å². The maximum Gasteiger partial charge on any atom is 0.129 e. The van der Waals surface area contributed by atoms with Crippen LogP contribution in [-0.4, -0.2) is 49.8 Å². The maximum atomic E-state index is 9.19. The predicted molar refractivity (Wildman–Crippen MR) is 96.4 cm³/mol. The van der Waals surface area contributed by atoms with Gasteiger partial charge in [0.15, 0.2) is 0 Å². The number of rotatable bonds is 5. The van der Waals surface area contributed by atoms with Gasteiger partial charge in [-0.1, -0.05) is 6.07 Å². The third-order valence-corrected chi connectivity index (χ3v) is 5.24. The van der Waals surface area contributed by atoms with E-state index in [1.54, 1.807) is 11.3 Å². The molecule has 0 amide bonds. The summed E-state index contributed by atoms with van der Waals surface area (Å²) in [7, 11) is 2.05. The molecule has 0 radical (unpaired) electrons. The van der Waals surface area contributed by atoms with Crippen molar-refractivity contribution in [2.24, 2.45) is 0 Å². The Kier molecular flexibility index (Phi) is 5.46. The van der Waals surface area contributed by atoms with Crippen molar-refractivity contribution >= 4 is 17.2 Å². The zero-order valence-electron chi connectivity index (χ0n) is 14.1. The molecule has 0 aromatic carbocycles. The van der Waals surface area contributed by atoms with Crippen LogP contribution in [-0.2, 0) is 4.74 Å². The van der Waals surface area contributed by atoms with Gasteiger partial charge in [-0.2, -0.15) is 5.26 Å². The maximum absolute atomic E-state index is 9.19. The van der Waals surface area contributed by atoms with Gasteiger partial charge in [0.2, 0.25) is 0 Å². The lowest BCUT2D eigenvalue weighted by molar-refractivity contribution is 0.0183. The average Bonchev–Trinajstić information content (AvgIpc) is 3.14. The Morgan fingerprint density at radius 2 is 2.21 bits per heavy atom. The third kappa shape index (κ3) is 3.93. The molecule has 0 spiro atoms. The quantitative estimate of drug-likeness (QED) is 0.836. The molecule has 3 heterocycles. The van der Waals surface area contributed by atoms with E-state index in [0.29, 0.717) is 11.6 Å². The lowest BCUT2D eigenvalue weighted by Crippen LogP contribution is -2.43. The number of nitrogens with zero attached hydrogens (tertiary/aromatic N) is 4. The summed E-state index contributed by atoms with van der Waals surface area (Å²) in [5, 5.41) is 11.3. The number of nitriles is 1. The van der Waals surface area contributed by atoms with Crippen molar-refractivity contribution in [1.29, 1.82) is 5.26 Å². The van der Waals surface area contributed by atoms with Crippen LogP contribution in [0.4, 0.5) is 5.82 Å². The first-order chi connectivity index (χ1) is 11.7. The van der Waals surface area contributed by atoms with Gasteiger partial charge in [0, 0.05) is 37.3 Å². The first-order valence-corrected chi connectivity index (χ1v) is 9.00. The molecule has 3 rings (SSSR count). The van der Waals surface area contributed by atoms with E-state index in [4.69, 9.17) is 4.74 Å². The Morgan fingerprint density at radius 3 is 2.88 bits per heavy atom. The zero-order chi connectivity index (χ0) is 16.9. The minimum Gasteiger partial charge on any atom is -0.379 e. The molecule has 0 aliphatic carbocycles. The van der Waals surface area contributed by atoms with Crippen LogP contribution in [0.15, 0.2) is 29.6 Å². The van der Waals surface area contributed by atoms with Gasteiger partial charge in [-0.3, -0.25) is 4.90 Å². The summed E-state index contributed by atoms with van der Waals surface area (Å²) >= 11 is 1.79. The number of aromatic nitrogens is 1. The second kappa shape index (κ2) is 7.75. The summed E-state index contributed by atoms with van der Waals surface area (Å²) in [5.41, 5.74) is 1.53. The van der Waals surface area contributed by atoms with Gasteiger partial charge in [0.1, 0.15) is 5.82 Å². The normalized spacial score (nSPS) is 16.5. The summed E-state index contributed by atoms with van der Waals surface area (Å²) in [5.74, 6) is 0.848. The van der Waals surface area contributed by atoms with E-state index in [-0.39, 0.29) is 0 Å². The van der Waals surface area contributed by atoms with Crippen molar-refractivity contribution < 1.29 is 4.74 Å². The van der Waals surface area contributed by atoms with E-state index in [0.717, 1.165) is 44.4 Å². The molecule has 0 saturated carbocycles. The molecular weight excluding hydrogens is 320 g/mol.